The number of likely N-dealkylation sites (N-methyl/N-ethyl adjacent to an activating group) is 1. The van der Waals surface area contributed by atoms with Crippen LogP contribution in [0.15, 0.2) is 30.3 Å². The van der Waals surface area contributed by atoms with E-state index >= 15 is 0 Å². The Morgan fingerprint density at radius 3 is 2.17 bits per heavy atom. The van der Waals surface area contributed by atoms with Gasteiger partial charge in [-0.1, -0.05) is 51.1 Å². The number of carbonyl (C=O) groups excluding carboxylic acids is 1. The van der Waals surface area contributed by atoms with Crippen molar-refractivity contribution in [1.29, 1.82) is 0 Å². The Morgan fingerprint density at radius 1 is 1.22 bits per heavy atom. The van der Waals surface area contributed by atoms with Crippen LogP contribution in [0.4, 0.5) is 0 Å². The lowest BCUT2D eigenvalue weighted by atomic mass is 9.86. The Kier molecular flexibility index (Phi) is 4.52. The summed E-state index contributed by atoms with van der Waals surface area (Å²) in [4.78, 5) is 14.1. The van der Waals surface area contributed by atoms with Gasteiger partial charge in [0.15, 0.2) is 0 Å². The molecule has 1 unspecified atom stereocenters. The predicted octanol–water partition coefficient (Wildman–Crippen LogP) is 2.58. The highest BCUT2D eigenvalue weighted by atomic mass is 16.2. The first-order valence-corrected chi connectivity index (χ1v) is 6.32. The van der Waals surface area contributed by atoms with E-state index in [4.69, 9.17) is 5.73 Å². The Labute approximate surface area is 110 Å². The van der Waals surface area contributed by atoms with Gasteiger partial charge in [-0.15, -0.1) is 0 Å². The summed E-state index contributed by atoms with van der Waals surface area (Å²) in [5.41, 5.74) is 6.93. The maximum Gasteiger partial charge on any atom is 0.244 e. The molecule has 0 aromatic heterocycles. The van der Waals surface area contributed by atoms with Crippen LogP contribution in [0, 0.1) is 5.41 Å². The van der Waals surface area contributed by atoms with Gasteiger partial charge in [-0.05, 0) is 17.9 Å². The molecule has 3 heteroatoms. The summed E-state index contributed by atoms with van der Waals surface area (Å²) in [6.45, 7) is 8.41. The predicted molar refractivity (Wildman–Crippen MR) is 75.1 cm³/mol. The van der Waals surface area contributed by atoms with E-state index < -0.39 is 6.04 Å². The van der Waals surface area contributed by atoms with E-state index in [9.17, 15) is 4.79 Å². The van der Waals surface area contributed by atoms with Crippen molar-refractivity contribution in [3.8, 4) is 0 Å². The Hall–Kier alpha value is -1.35. The van der Waals surface area contributed by atoms with E-state index in [1.165, 1.54) is 0 Å². The molecule has 2 N–H and O–H groups in total. The van der Waals surface area contributed by atoms with Crippen molar-refractivity contribution in [2.75, 3.05) is 7.05 Å². The van der Waals surface area contributed by atoms with Gasteiger partial charge < -0.3 is 10.6 Å². The topological polar surface area (TPSA) is 46.3 Å². The molecule has 100 valence electrons. The van der Waals surface area contributed by atoms with Crippen molar-refractivity contribution in [3.63, 3.8) is 0 Å². The fraction of sp³-hybridized carbons (Fsp3) is 0.533. The number of rotatable bonds is 3. The minimum Gasteiger partial charge on any atom is -0.341 e. The van der Waals surface area contributed by atoms with Crippen LogP contribution in [0.2, 0.25) is 0 Å². The highest BCUT2D eigenvalue weighted by molar-refractivity contribution is 5.83. The molecule has 1 aromatic carbocycles. The summed E-state index contributed by atoms with van der Waals surface area (Å²) < 4.78 is 0. The van der Waals surface area contributed by atoms with Crippen LogP contribution in [0.1, 0.15) is 39.3 Å². The van der Waals surface area contributed by atoms with Gasteiger partial charge in [-0.2, -0.15) is 0 Å². The van der Waals surface area contributed by atoms with Gasteiger partial charge in [0, 0.05) is 13.1 Å². The van der Waals surface area contributed by atoms with E-state index in [1.54, 1.807) is 4.90 Å². The summed E-state index contributed by atoms with van der Waals surface area (Å²) in [6.07, 6.45) is 0. The van der Waals surface area contributed by atoms with E-state index in [2.05, 4.69) is 27.7 Å². The summed E-state index contributed by atoms with van der Waals surface area (Å²) in [6, 6.07) is 9.05. The molecule has 1 rings (SSSR count). The van der Waals surface area contributed by atoms with Gasteiger partial charge >= 0.3 is 0 Å². The maximum atomic E-state index is 12.3. The fourth-order valence-corrected chi connectivity index (χ4v) is 1.79. The van der Waals surface area contributed by atoms with Gasteiger partial charge in [0.1, 0.15) is 6.04 Å². The molecular formula is C15H24N2O. The maximum absolute atomic E-state index is 12.3. The zero-order valence-corrected chi connectivity index (χ0v) is 12.0. The zero-order chi connectivity index (χ0) is 13.9. The number of carbonyl (C=O) groups is 1. The molecule has 0 radical (unpaired) electrons. The number of amides is 1. The molecule has 0 aliphatic rings. The van der Waals surface area contributed by atoms with Crippen molar-refractivity contribution < 1.29 is 4.79 Å². The van der Waals surface area contributed by atoms with Gasteiger partial charge in [0.05, 0.1) is 0 Å². The van der Waals surface area contributed by atoms with Gasteiger partial charge in [-0.25, -0.2) is 0 Å². The molecule has 0 aliphatic carbocycles. The quantitative estimate of drug-likeness (QED) is 0.893. The lowest BCUT2D eigenvalue weighted by molar-refractivity contribution is -0.135. The van der Waals surface area contributed by atoms with Crippen molar-refractivity contribution in [3.05, 3.63) is 35.9 Å². The molecular weight excluding hydrogens is 224 g/mol. The molecule has 2 atom stereocenters. The summed E-state index contributed by atoms with van der Waals surface area (Å²) in [5.74, 6) is -0.0383. The minimum absolute atomic E-state index is 0.0383. The van der Waals surface area contributed by atoms with E-state index in [1.807, 2.05) is 37.4 Å². The summed E-state index contributed by atoms with van der Waals surface area (Å²) in [5, 5.41) is 0. The largest absolute Gasteiger partial charge is 0.341 e. The molecule has 1 aromatic rings. The molecule has 18 heavy (non-hydrogen) atoms. The molecule has 0 spiro atoms. The van der Waals surface area contributed by atoms with Crippen LogP contribution in [0.3, 0.4) is 0 Å². The van der Waals surface area contributed by atoms with Crippen molar-refractivity contribution in [2.24, 2.45) is 11.1 Å². The number of nitrogens with two attached hydrogens (primary N) is 1. The highest BCUT2D eigenvalue weighted by Crippen LogP contribution is 2.25. The standard InChI is InChI=1S/C15H24N2O/c1-11(15(2,3)4)17(5)14(18)13(16)12-9-7-6-8-10-12/h6-11,13H,16H2,1-5H3/t11?,13-/m0/s1. The van der Waals surface area contributed by atoms with Gasteiger partial charge in [0.2, 0.25) is 5.91 Å². The lowest BCUT2D eigenvalue weighted by Gasteiger charge is -2.36. The van der Waals surface area contributed by atoms with E-state index in [0.29, 0.717) is 0 Å². The van der Waals surface area contributed by atoms with Crippen LogP contribution in [0.25, 0.3) is 0 Å². The highest BCUT2D eigenvalue weighted by Gasteiger charge is 2.29. The normalized spacial score (nSPS) is 15.0. The number of benzene rings is 1. The molecule has 3 nitrogen and oxygen atoms in total. The third-order valence-electron chi connectivity index (χ3n) is 3.61. The number of nitrogens with zero attached hydrogens (tertiary/aromatic N) is 1. The van der Waals surface area contributed by atoms with Crippen molar-refractivity contribution >= 4 is 5.91 Å². The first-order valence-electron chi connectivity index (χ1n) is 6.32. The average Bonchev–Trinajstić information content (AvgIpc) is 2.35. The second kappa shape index (κ2) is 5.53. The zero-order valence-electron chi connectivity index (χ0n) is 12.0. The fourth-order valence-electron chi connectivity index (χ4n) is 1.79. The van der Waals surface area contributed by atoms with Crippen LogP contribution in [0.5, 0.6) is 0 Å². The molecule has 1 amide bonds. The van der Waals surface area contributed by atoms with E-state index in [0.717, 1.165) is 5.56 Å². The van der Waals surface area contributed by atoms with Crippen molar-refractivity contribution in [2.45, 2.75) is 39.8 Å². The van der Waals surface area contributed by atoms with Gasteiger partial charge in [-0.3, -0.25) is 4.79 Å². The Balaban J connectivity index is 2.82. The van der Waals surface area contributed by atoms with Gasteiger partial charge in [0.25, 0.3) is 0 Å². The second-order valence-electron chi connectivity index (χ2n) is 5.88. The Bertz CT molecular complexity index is 395. The first kappa shape index (κ1) is 14.7. The van der Waals surface area contributed by atoms with Crippen molar-refractivity contribution in [1.82, 2.24) is 4.90 Å². The number of hydrogen-bond acceptors (Lipinski definition) is 2. The molecule has 0 fully saturated rings. The first-order chi connectivity index (χ1) is 8.25. The molecule has 0 saturated heterocycles. The number of hydrogen-bond donors (Lipinski definition) is 1. The molecule has 0 heterocycles. The molecule has 0 bridgehead atoms. The monoisotopic (exact) mass is 248 g/mol. The smallest absolute Gasteiger partial charge is 0.244 e. The third-order valence-corrected chi connectivity index (χ3v) is 3.61. The lowest BCUT2D eigenvalue weighted by Crippen LogP contribution is -2.46. The van der Waals surface area contributed by atoms with Crippen LogP contribution < -0.4 is 5.73 Å². The van der Waals surface area contributed by atoms with Crippen LogP contribution in [-0.2, 0) is 4.79 Å². The molecule has 0 aliphatic heterocycles. The SMILES string of the molecule is CC(N(C)C(=O)[C@@H](N)c1ccccc1)C(C)(C)C. The summed E-state index contributed by atoms with van der Waals surface area (Å²) in [7, 11) is 1.82. The summed E-state index contributed by atoms with van der Waals surface area (Å²) >= 11 is 0. The van der Waals surface area contributed by atoms with E-state index in [-0.39, 0.29) is 17.4 Å². The average molecular weight is 248 g/mol. The Morgan fingerprint density at radius 2 is 1.72 bits per heavy atom. The van der Waals surface area contributed by atoms with Crippen LogP contribution in [-0.4, -0.2) is 23.9 Å². The minimum atomic E-state index is -0.582. The van der Waals surface area contributed by atoms with Crippen LogP contribution >= 0.6 is 0 Å². The third kappa shape index (κ3) is 3.33. The molecule has 0 saturated carbocycles. The second-order valence-corrected chi connectivity index (χ2v) is 5.88.